The Morgan fingerprint density at radius 3 is 2.67 bits per heavy atom. The van der Waals surface area contributed by atoms with Crippen LogP contribution in [0.2, 0.25) is 0 Å². The third-order valence-electron chi connectivity index (χ3n) is 2.00. The summed E-state index contributed by atoms with van der Waals surface area (Å²) in [5.41, 5.74) is 0. The maximum atomic E-state index is 12.7. The van der Waals surface area contributed by atoms with Crippen molar-refractivity contribution >= 4 is 5.82 Å². The summed E-state index contributed by atoms with van der Waals surface area (Å²) in [7, 11) is 0. The highest BCUT2D eigenvalue weighted by molar-refractivity contribution is 5.33. The fourth-order valence-electron chi connectivity index (χ4n) is 1.32. The molecule has 15 heavy (non-hydrogen) atoms. The lowest BCUT2D eigenvalue weighted by atomic mass is 10.3. The monoisotopic (exact) mass is 213 g/mol. The first-order valence-corrected chi connectivity index (χ1v) is 4.74. The molecule has 0 atom stereocenters. The van der Waals surface area contributed by atoms with Gasteiger partial charge < -0.3 is 14.8 Å². The molecule has 5 nitrogen and oxygen atoms in total. The molecular weight excluding hydrogens is 201 g/mol. The van der Waals surface area contributed by atoms with Crippen LogP contribution >= 0.6 is 0 Å². The Morgan fingerprint density at radius 1 is 1.27 bits per heavy atom. The average Bonchev–Trinajstić information content (AvgIpc) is 2.46. The van der Waals surface area contributed by atoms with Crippen LogP contribution in [-0.4, -0.2) is 42.4 Å². The number of hydrogen-bond donors (Lipinski definition) is 1. The minimum Gasteiger partial charge on any atom is -0.377 e. The van der Waals surface area contributed by atoms with Crippen molar-refractivity contribution < 1.29 is 13.9 Å². The van der Waals surface area contributed by atoms with Crippen LogP contribution in [0.1, 0.15) is 0 Å². The second-order valence-corrected chi connectivity index (χ2v) is 3.22. The van der Waals surface area contributed by atoms with Crippen molar-refractivity contribution in [2.24, 2.45) is 0 Å². The molecule has 6 heteroatoms. The van der Waals surface area contributed by atoms with E-state index in [2.05, 4.69) is 15.3 Å². The molecule has 0 bridgehead atoms. The van der Waals surface area contributed by atoms with Gasteiger partial charge >= 0.3 is 0 Å². The minimum atomic E-state index is -0.553. The topological polar surface area (TPSA) is 56.3 Å². The molecule has 0 radical (unpaired) electrons. The third-order valence-corrected chi connectivity index (χ3v) is 2.00. The number of aromatic nitrogens is 2. The van der Waals surface area contributed by atoms with E-state index in [1.54, 1.807) is 0 Å². The maximum Gasteiger partial charge on any atom is 0.217 e. The van der Waals surface area contributed by atoms with Crippen molar-refractivity contribution in [1.29, 1.82) is 0 Å². The van der Waals surface area contributed by atoms with Crippen LogP contribution in [0.15, 0.2) is 12.4 Å². The summed E-state index contributed by atoms with van der Waals surface area (Å²) < 4.78 is 23.3. The Bertz CT molecular complexity index is 316. The molecular formula is C9H12FN3O2. The van der Waals surface area contributed by atoms with E-state index in [1.807, 2.05) is 0 Å². The summed E-state index contributed by atoms with van der Waals surface area (Å²) in [6.45, 7) is 2.25. The molecule has 82 valence electrons. The smallest absolute Gasteiger partial charge is 0.217 e. The molecule has 1 N–H and O–H groups in total. The van der Waals surface area contributed by atoms with Gasteiger partial charge in [0.25, 0.3) is 0 Å². The zero-order valence-corrected chi connectivity index (χ0v) is 8.15. The first kappa shape index (κ1) is 10.3. The van der Waals surface area contributed by atoms with Gasteiger partial charge in [-0.05, 0) is 0 Å². The number of halogens is 1. The fourth-order valence-corrected chi connectivity index (χ4v) is 1.32. The molecule has 0 saturated carbocycles. The molecule has 0 unspecified atom stereocenters. The van der Waals surface area contributed by atoms with Gasteiger partial charge in [-0.2, -0.15) is 4.39 Å². The largest absolute Gasteiger partial charge is 0.377 e. The van der Waals surface area contributed by atoms with Gasteiger partial charge in [0.1, 0.15) is 12.1 Å². The molecule has 2 rings (SSSR count). The van der Waals surface area contributed by atoms with Crippen molar-refractivity contribution in [2.45, 2.75) is 6.04 Å². The Morgan fingerprint density at radius 2 is 2.00 bits per heavy atom. The van der Waals surface area contributed by atoms with E-state index in [-0.39, 0.29) is 6.04 Å². The standard InChI is InChI=1S/C9H12FN3O2/c10-8-3-9(12-6-11-8)13-7-4-14-1-2-15-5-7/h3,6-7H,1-2,4-5H2,(H,11,12,13). The van der Waals surface area contributed by atoms with Gasteiger partial charge in [-0.25, -0.2) is 9.97 Å². The van der Waals surface area contributed by atoms with E-state index in [0.717, 1.165) is 0 Å². The lowest BCUT2D eigenvalue weighted by molar-refractivity contribution is 0.103. The van der Waals surface area contributed by atoms with Crippen LogP contribution < -0.4 is 5.32 Å². The van der Waals surface area contributed by atoms with Crippen molar-refractivity contribution in [1.82, 2.24) is 9.97 Å². The molecule has 2 heterocycles. The summed E-state index contributed by atoms with van der Waals surface area (Å²) in [5.74, 6) is -0.107. The molecule has 1 aromatic heterocycles. The van der Waals surface area contributed by atoms with Gasteiger partial charge in [0.2, 0.25) is 5.95 Å². The van der Waals surface area contributed by atoms with E-state index < -0.39 is 5.95 Å². The average molecular weight is 213 g/mol. The second-order valence-electron chi connectivity index (χ2n) is 3.22. The van der Waals surface area contributed by atoms with Crippen LogP contribution in [0.5, 0.6) is 0 Å². The maximum absolute atomic E-state index is 12.7. The SMILES string of the molecule is Fc1cc(NC2COCCOC2)ncn1. The molecule has 0 aromatic carbocycles. The lowest BCUT2D eigenvalue weighted by Crippen LogP contribution is -2.28. The zero-order valence-electron chi connectivity index (χ0n) is 8.15. The summed E-state index contributed by atoms with van der Waals surface area (Å²) in [6, 6.07) is 1.24. The van der Waals surface area contributed by atoms with Crippen molar-refractivity contribution in [3.8, 4) is 0 Å². The first-order valence-electron chi connectivity index (χ1n) is 4.74. The number of anilines is 1. The van der Waals surface area contributed by atoms with Crippen LogP contribution in [0.25, 0.3) is 0 Å². The van der Waals surface area contributed by atoms with E-state index in [0.29, 0.717) is 32.2 Å². The molecule has 1 fully saturated rings. The summed E-state index contributed by atoms with van der Waals surface area (Å²) >= 11 is 0. The van der Waals surface area contributed by atoms with Crippen LogP contribution in [0.3, 0.4) is 0 Å². The number of hydrogen-bond acceptors (Lipinski definition) is 5. The summed E-state index contributed by atoms with van der Waals surface area (Å²) in [5, 5.41) is 3.02. The zero-order chi connectivity index (χ0) is 10.5. The predicted octanol–water partition coefficient (Wildman–Crippen LogP) is 0.443. The molecule has 0 amide bonds. The van der Waals surface area contributed by atoms with Crippen LogP contribution in [-0.2, 0) is 9.47 Å². The number of nitrogens with one attached hydrogen (secondary N) is 1. The molecule has 1 aliphatic heterocycles. The van der Waals surface area contributed by atoms with Crippen molar-refractivity contribution in [2.75, 3.05) is 31.7 Å². The Balaban J connectivity index is 1.95. The Labute approximate surface area is 86.6 Å². The van der Waals surface area contributed by atoms with Gasteiger partial charge in [-0.3, -0.25) is 0 Å². The number of ether oxygens (including phenoxy) is 2. The number of rotatable bonds is 2. The van der Waals surface area contributed by atoms with Crippen LogP contribution in [0, 0.1) is 5.95 Å². The predicted molar refractivity (Wildman–Crippen MR) is 51.0 cm³/mol. The van der Waals surface area contributed by atoms with Crippen molar-refractivity contribution in [3.05, 3.63) is 18.3 Å². The molecule has 0 aliphatic carbocycles. The quantitative estimate of drug-likeness (QED) is 0.722. The molecule has 1 aromatic rings. The van der Waals surface area contributed by atoms with Crippen LogP contribution in [0.4, 0.5) is 10.2 Å². The second kappa shape index (κ2) is 4.99. The van der Waals surface area contributed by atoms with E-state index in [9.17, 15) is 4.39 Å². The first-order chi connectivity index (χ1) is 7.34. The normalized spacial score (nSPS) is 18.5. The minimum absolute atomic E-state index is 0.00167. The lowest BCUT2D eigenvalue weighted by Gasteiger charge is -2.15. The summed E-state index contributed by atoms with van der Waals surface area (Å²) in [6.07, 6.45) is 1.18. The van der Waals surface area contributed by atoms with E-state index in [1.165, 1.54) is 12.4 Å². The van der Waals surface area contributed by atoms with Gasteiger partial charge in [-0.1, -0.05) is 0 Å². The van der Waals surface area contributed by atoms with E-state index in [4.69, 9.17) is 9.47 Å². The van der Waals surface area contributed by atoms with Gasteiger partial charge in [0.05, 0.1) is 32.5 Å². The highest BCUT2D eigenvalue weighted by atomic mass is 19.1. The van der Waals surface area contributed by atoms with E-state index >= 15 is 0 Å². The number of nitrogens with zero attached hydrogens (tertiary/aromatic N) is 2. The molecule has 1 aliphatic rings. The Kier molecular flexibility index (Phi) is 3.41. The highest BCUT2D eigenvalue weighted by Gasteiger charge is 2.13. The van der Waals surface area contributed by atoms with Gasteiger partial charge in [0, 0.05) is 6.07 Å². The van der Waals surface area contributed by atoms with Gasteiger partial charge in [0.15, 0.2) is 0 Å². The Hall–Kier alpha value is -1.27. The van der Waals surface area contributed by atoms with Gasteiger partial charge in [-0.15, -0.1) is 0 Å². The fraction of sp³-hybridized carbons (Fsp3) is 0.556. The molecule has 0 spiro atoms. The third kappa shape index (κ3) is 3.10. The summed E-state index contributed by atoms with van der Waals surface area (Å²) in [4.78, 5) is 7.26. The van der Waals surface area contributed by atoms with Crippen molar-refractivity contribution in [3.63, 3.8) is 0 Å². The highest BCUT2D eigenvalue weighted by Crippen LogP contribution is 2.06. The molecule has 1 saturated heterocycles.